The van der Waals surface area contributed by atoms with E-state index in [1.54, 1.807) is 19.4 Å². The summed E-state index contributed by atoms with van der Waals surface area (Å²) in [6.45, 7) is 54.1. The highest BCUT2D eigenvalue weighted by Gasteiger charge is 2.69. The number of rotatable bonds is 9. The number of ketones is 2. The monoisotopic (exact) mass is 757 g/mol. The molecule has 312 valence electrons. The normalized spacial score (nSPS) is 40.3. The Hall–Kier alpha value is -1.70. The van der Waals surface area contributed by atoms with Gasteiger partial charge in [-0.1, -0.05) is 124 Å². The number of Topliss-reactive ketones (excluding diaryl/α,β-unsaturated/α-hetero) is 2. The van der Waals surface area contributed by atoms with Gasteiger partial charge < -0.3 is 0 Å². The summed E-state index contributed by atoms with van der Waals surface area (Å²) in [6.07, 6.45) is 10.5. The number of carbonyl (C=O) groups is 2. The van der Waals surface area contributed by atoms with E-state index in [4.69, 9.17) is 0 Å². The highest BCUT2D eigenvalue weighted by molar-refractivity contribution is 5.93. The molecule has 6 aliphatic carbocycles. The van der Waals surface area contributed by atoms with Crippen molar-refractivity contribution in [2.45, 2.75) is 191 Å². The van der Waals surface area contributed by atoms with E-state index in [2.05, 4.69) is 144 Å². The molecule has 5 fully saturated rings. The summed E-state index contributed by atoms with van der Waals surface area (Å²) < 4.78 is 0. The quantitative estimate of drug-likeness (QED) is 0.173. The molecule has 6 aliphatic rings. The summed E-state index contributed by atoms with van der Waals surface area (Å²) in [6, 6.07) is 0. The summed E-state index contributed by atoms with van der Waals surface area (Å²) in [4.78, 5) is 23.4. The van der Waals surface area contributed by atoms with Crippen molar-refractivity contribution in [2.75, 3.05) is 0 Å². The SMILES string of the molecule is C=C(C)C1(C)CC1(C)C(C)C1CC=C(C)C1(C)C.CC(=O)/C(C)=C(\C)C(C)C1CC2CC2(C)C1(C)C.CC(=O)C(C)(C)/C(C)=C(\C)C1CC2CC2(C)C1(C)C. The Bertz CT molecular complexity index is 1670. The number of carbonyl (C=O) groups excluding carboxylic acids is 2. The molecule has 2 nitrogen and oxygen atoms in total. The fourth-order valence-electron chi connectivity index (χ4n) is 13.1. The first-order valence-electron chi connectivity index (χ1n) is 22.4. The van der Waals surface area contributed by atoms with Crippen molar-refractivity contribution in [2.24, 2.45) is 84.7 Å². The maximum atomic E-state index is 11.9. The van der Waals surface area contributed by atoms with E-state index in [-0.39, 0.29) is 17.0 Å². The van der Waals surface area contributed by atoms with Crippen LogP contribution in [0, 0.1) is 84.7 Å². The standard InChI is InChI=1S/C18H30O.C18H30.C17H28O/c1-11(12(2)16(4,5)13(3)19)15-9-14-10-18(14,8)17(15,6)7;1-12(2)17(7)11-18(17,8)14(4)15-10-9-13(3)16(15,5)6;1-10(11(2)13(4)18)12(3)15-8-14-9-17(14,7)16(15,5)6/h14-15H,9-10H2,1-8H3;9,14-15H,1,10-11H2,2-8H3;12,14-15H,8-9H2,1-7H3/b12-11+;;11-10+. The van der Waals surface area contributed by atoms with Gasteiger partial charge in [0.05, 0.1) is 0 Å². The molecule has 6 rings (SSSR count). The van der Waals surface area contributed by atoms with Crippen molar-refractivity contribution < 1.29 is 9.59 Å². The first kappa shape index (κ1) is 46.0. The molecule has 0 saturated heterocycles. The summed E-state index contributed by atoms with van der Waals surface area (Å²) in [7, 11) is 0. The number of hydrogen-bond acceptors (Lipinski definition) is 2. The number of allylic oxidation sites excluding steroid dienone is 7. The minimum Gasteiger partial charge on any atom is -0.299 e. The first-order valence-corrected chi connectivity index (χ1v) is 22.4. The van der Waals surface area contributed by atoms with E-state index in [1.165, 1.54) is 60.8 Å². The van der Waals surface area contributed by atoms with Gasteiger partial charge in [-0.15, -0.1) is 0 Å². The van der Waals surface area contributed by atoms with Crippen LogP contribution in [0.25, 0.3) is 0 Å². The van der Waals surface area contributed by atoms with Gasteiger partial charge in [0.2, 0.25) is 0 Å². The molecule has 55 heavy (non-hydrogen) atoms. The van der Waals surface area contributed by atoms with Crippen LogP contribution in [-0.2, 0) is 9.59 Å². The van der Waals surface area contributed by atoms with E-state index in [0.717, 1.165) is 35.2 Å². The van der Waals surface area contributed by atoms with Gasteiger partial charge >= 0.3 is 0 Å². The molecule has 0 radical (unpaired) electrons. The third-order valence-corrected chi connectivity index (χ3v) is 21.0. The van der Waals surface area contributed by atoms with E-state index < -0.39 is 0 Å². The minimum atomic E-state index is -0.312. The van der Waals surface area contributed by atoms with Gasteiger partial charge in [-0.25, -0.2) is 0 Å². The summed E-state index contributed by atoms with van der Waals surface area (Å²) >= 11 is 0. The van der Waals surface area contributed by atoms with E-state index in [0.29, 0.717) is 49.7 Å². The second-order valence-corrected chi connectivity index (χ2v) is 23.8. The molecule has 0 heterocycles. The summed E-state index contributed by atoms with van der Waals surface area (Å²) in [5.41, 5.74) is 10.8. The highest BCUT2D eigenvalue weighted by Crippen LogP contribution is 2.77. The minimum absolute atomic E-state index is 0.228. The fourth-order valence-corrected chi connectivity index (χ4v) is 13.1. The molecule has 5 saturated carbocycles. The second-order valence-electron chi connectivity index (χ2n) is 23.8. The molecule has 0 amide bonds. The largest absolute Gasteiger partial charge is 0.299 e. The van der Waals surface area contributed by atoms with Gasteiger partial charge in [0.1, 0.15) is 5.78 Å². The van der Waals surface area contributed by atoms with Crippen LogP contribution in [-0.4, -0.2) is 11.6 Å². The highest BCUT2D eigenvalue weighted by atomic mass is 16.1. The van der Waals surface area contributed by atoms with Crippen LogP contribution in [0.3, 0.4) is 0 Å². The molecule has 0 bridgehead atoms. The molecule has 11 atom stereocenters. The molecule has 0 spiro atoms. The Kier molecular flexibility index (Phi) is 11.9. The molecule has 0 aromatic heterocycles. The van der Waals surface area contributed by atoms with Crippen LogP contribution >= 0.6 is 0 Å². The lowest BCUT2D eigenvalue weighted by atomic mass is 9.65. The smallest absolute Gasteiger partial charge is 0.155 e. The van der Waals surface area contributed by atoms with Crippen LogP contribution in [0.1, 0.15) is 191 Å². The van der Waals surface area contributed by atoms with E-state index >= 15 is 0 Å². The fraction of sp³-hybridized carbons (Fsp3) is 0.811. The lowest BCUT2D eigenvalue weighted by Crippen LogP contribution is -2.32. The molecule has 11 unspecified atom stereocenters. The van der Waals surface area contributed by atoms with E-state index in [9.17, 15) is 9.59 Å². The second kappa shape index (κ2) is 14.2. The van der Waals surface area contributed by atoms with Gasteiger partial charge in [0.25, 0.3) is 0 Å². The third-order valence-electron chi connectivity index (χ3n) is 21.0. The van der Waals surface area contributed by atoms with Gasteiger partial charge in [-0.05, 0) is 193 Å². The van der Waals surface area contributed by atoms with E-state index in [1.807, 2.05) is 6.92 Å². The lowest BCUT2D eigenvalue weighted by Gasteiger charge is -2.39. The van der Waals surface area contributed by atoms with Crippen molar-refractivity contribution in [1.29, 1.82) is 0 Å². The Morgan fingerprint density at radius 2 is 1.25 bits per heavy atom. The lowest BCUT2D eigenvalue weighted by molar-refractivity contribution is -0.123. The molecule has 0 N–H and O–H groups in total. The average Bonchev–Trinajstić information content (AvgIpc) is 3.99. The predicted molar refractivity (Wildman–Crippen MR) is 238 cm³/mol. The van der Waals surface area contributed by atoms with Crippen LogP contribution < -0.4 is 0 Å². The van der Waals surface area contributed by atoms with Crippen LogP contribution in [0.4, 0.5) is 0 Å². The summed E-state index contributed by atoms with van der Waals surface area (Å²) in [5.74, 6) is 5.83. The zero-order valence-electron chi connectivity index (χ0n) is 40.4. The Morgan fingerprint density at radius 1 is 0.764 bits per heavy atom. The molecular weight excluding hydrogens is 669 g/mol. The average molecular weight is 757 g/mol. The van der Waals surface area contributed by atoms with Crippen molar-refractivity contribution in [3.63, 3.8) is 0 Å². The van der Waals surface area contributed by atoms with Gasteiger partial charge in [0.15, 0.2) is 5.78 Å². The first-order chi connectivity index (χ1) is 24.7. The van der Waals surface area contributed by atoms with Gasteiger partial charge in [-0.3, -0.25) is 9.59 Å². The summed E-state index contributed by atoms with van der Waals surface area (Å²) in [5, 5.41) is 0. The molecule has 0 aromatic carbocycles. The van der Waals surface area contributed by atoms with Crippen LogP contribution in [0.15, 0.2) is 46.1 Å². The molecule has 2 heteroatoms. The predicted octanol–water partition coefficient (Wildman–Crippen LogP) is 15.2. The molecular formula is C53H88O2. The van der Waals surface area contributed by atoms with Crippen molar-refractivity contribution in [3.05, 3.63) is 46.1 Å². The zero-order chi connectivity index (χ0) is 42.6. The maximum Gasteiger partial charge on any atom is 0.155 e. The Balaban J connectivity index is 0.000000184. The maximum absolute atomic E-state index is 11.9. The van der Waals surface area contributed by atoms with Crippen LogP contribution in [0.5, 0.6) is 0 Å². The molecule has 0 aromatic rings. The third kappa shape index (κ3) is 7.12. The molecule has 0 aliphatic heterocycles. The van der Waals surface area contributed by atoms with Crippen molar-refractivity contribution in [3.8, 4) is 0 Å². The number of fused-ring (bicyclic) bond motifs is 2. The Morgan fingerprint density at radius 3 is 1.60 bits per heavy atom. The number of hydrogen-bond donors (Lipinski definition) is 0. The topological polar surface area (TPSA) is 34.1 Å². The zero-order valence-corrected chi connectivity index (χ0v) is 40.4. The van der Waals surface area contributed by atoms with Gasteiger partial charge in [-0.2, -0.15) is 0 Å². The van der Waals surface area contributed by atoms with Gasteiger partial charge in [0, 0.05) is 5.41 Å². The van der Waals surface area contributed by atoms with Crippen molar-refractivity contribution >= 4 is 11.6 Å². The van der Waals surface area contributed by atoms with Crippen molar-refractivity contribution in [1.82, 2.24) is 0 Å². The van der Waals surface area contributed by atoms with Crippen LogP contribution in [0.2, 0.25) is 0 Å². The Labute approximate surface area is 341 Å².